The molecule has 0 saturated carbocycles. The Morgan fingerprint density at radius 2 is 1.92 bits per heavy atom. The van der Waals surface area contributed by atoms with Gasteiger partial charge in [-0.25, -0.2) is 4.79 Å². The quantitative estimate of drug-likeness (QED) is 0.824. The molecule has 1 aromatic carbocycles. The molecule has 128 valence electrons. The van der Waals surface area contributed by atoms with Gasteiger partial charge < -0.3 is 14.6 Å². The molecule has 0 spiro atoms. The van der Waals surface area contributed by atoms with E-state index >= 15 is 0 Å². The summed E-state index contributed by atoms with van der Waals surface area (Å²) in [6.07, 6.45) is -0.350. The molecule has 0 aliphatic carbocycles. The van der Waals surface area contributed by atoms with Crippen LogP contribution in [0.4, 0.5) is 0 Å². The van der Waals surface area contributed by atoms with Crippen LogP contribution in [-0.4, -0.2) is 23.1 Å². The van der Waals surface area contributed by atoms with Gasteiger partial charge in [0.15, 0.2) is 6.10 Å². The number of nitrogens with one attached hydrogen (secondary N) is 1. The van der Waals surface area contributed by atoms with Crippen LogP contribution in [0, 0.1) is 13.8 Å². The summed E-state index contributed by atoms with van der Waals surface area (Å²) in [6.45, 7) is 7.43. The van der Waals surface area contributed by atoms with Gasteiger partial charge in [-0.05, 0) is 32.8 Å². The van der Waals surface area contributed by atoms with Crippen molar-refractivity contribution in [3.8, 4) is 0 Å². The van der Waals surface area contributed by atoms with Crippen LogP contribution in [0.25, 0.3) is 0 Å². The number of aromatic nitrogens is 1. The summed E-state index contributed by atoms with van der Waals surface area (Å²) in [5.74, 6) is -0.552. The number of ether oxygens (including phenoxy) is 1. The Hall–Kier alpha value is -2.63. The lowest BCUT2D eigenvalue weighted by Gasteiger charge is -2.13. The third kappa shape index (κ3) is 4.22. The SMILES string of the molecule is CCc1noc(C)c1C(=O)O[C@@H](C)C(=O)NCc1ccc(C)cc1. The van der Waals surface area contributed by atoms with Gasteiger partial charge in [0, 0.05) is 6.54 Å². The fraction of sp³-hybridized carbons (Fsp3) is 0.389. The number of hydrogen-bond donors (Lipinski definition) is 1. The normalized spacial score (nSPS) is 11.8. The van der Waals surface area contributed by atoms with Gasteiger partial charge in [0.25, 0.3) is 5.91 Å². The van der Waals surface area contributed by atoms with E-state index in [1.807, 2.05) is 38.1 Å². The molecule has 0 radical (unpaired) electrons. The van der Waals surface area contributed by atoms with E-state index < -0.39 is 12.1 Å². The first kappa shape index (κ1) is 17.7. The molecule has 0 aliphatic heterocycles. The van der Waals surface area contributed by atoms with E-state index in [-0.39, 0.29) is 5.91 Å². The maximum absolute atomic E-state index is 12.2. The molecule has 2 aromatic rings. The number of amides is 1. The van der Waals surface area contributed by atoms with Gasteiger partial charge in [0.05, 0.1) is 5.69 Å². The van der Waals surface area contributed by atoms with Crippen molar-refractivity contribution in [1.29, 1.82) is 0 Å². The summed E-state index contributed by atoms with van der Waals surface area (Å²) in [5.41, 5.74) is 2.97. The minimum absolute atomic E-state index is 0.302. The fourth-order valence-corrected chi connectivity index (χ4v) is 2.23. The third-order valence-corrected chi connectivity index (χ3v) is 3.71. The lowest BCUT2D eigenvalue weighted by atomic mass is 10.1. The van der Waals surface area contributed by atoms with Gasteiger partial charge in [0.1, 0.15) is 11.3 Å². The van der Waals surface area contributed by atoms with Gasteiger partial charge in [0.2, 0.25) is 0 Å². The second-order valence-corrected chi connectivity index (χ2v) is 5.66. The van der Waals surface area contributed by atoms with Crippen molar-refractivity contribution in [2.24, 2.45) is 0 Å². The molecular weight excluding hydrogens is 308 g/mol. The molecule has 1 heterocycles. The highest BCUT2D eigenvalue weighted by Gasteiger charge is 2.24. The fourth-order valence-electron chi connectivity index (χ4n) is 2.23. The maximum atomic E-state index is 12.2. The Bertz CT molecular complexity index is 719. The molecule has 1 atom stereocenters. The largest absolute Gasteiger partial charge is 0.449 e. The van der Waals surface area contributed by atoms with E-state index in [2.05, 4.69) is 10.5 Å². The Morgan fingerprint density at radius 1 is 1.25 bits per heavy atom. The Kier molecular flexibility index (Phi) is 5.73. The molecule has 0 saturated heterocycles. The number of benzene rings is 1. The van der Waals surface area contributed by atoms with Crippen molar-refractivity contribution in [3.63, 3.8) is 0 Å². The van der Waals surface area contributed by atoms with Crippen LogP contribution < -0.4 is 5.32 Å². The molecule has 1 amide bonds. The number of nitrogens with zero attached hydrogens (tertiary/aromatic N) is 1. The molecule has 0 fully saturated rings. The van der Waals surface area contributed by atoms with Crippen LogP contribution in [0.2, 0.25) is 0 Å². The average molecular weight is 330 g/mol. The van der Waals surface area contributed by atoms with Crippen molar-refractivity contribution in [2.75, 3.05) is 0 Å². The highest BCUT2D eigenvalue weighted by molar-refractivity contribution is 5.93. The van der Waals surface area contributed by atoms with E-state index in [0.29, 0.717) is 30.0 Å². The molecule has 1 N–H and O–H groups in total. The number of carbonyl (C=O) groups excluding carboxylic acids is 2. The van der Waals surface area contributed by atoms with E-state index in [1.54, 1.807) is 6.92 Å². The van der Waals surface area contributed by atoms with Gasteiger partial charge in [-0.1, -0.05) is 41.9 Å². The minimum atomic E-state index is -0.901. The van der Waals surface area contributed by atoms with Gasteiger partial charge in [-0.2, -0.15) is 0 Å². The predicted octanol–water partition coefficient (Wildman–Crippen LogP) is 2.72. The number of carbonyl (C=O) groups is 2. The highest BCUT2D eigenvalue weighted by Crippen LogP contribution is 2.16. The first-order valence-electron chi connectivity index (χ1n) is 7.91. The highest BCUT2D eigenvalue weighted by atomic mass is 16.5. The monoisotopic (exact) mass is 330 g/mol. The number of hydrogen-bond acceptors (Lipinski definition) is 5. The summed E-state index contributed by atoms with van der Waals surface area (Å²) in [7, 11) is 0. The van der Waals surface area contributed by atoms with Crippen LogP contribution in [0.3, 0.4) is 0 Å². The van der Waals surface area contributed by atoms with Crippen LogP contribution in [0.15, 0.2) is 28.8 Å². The molecule has 1 aromatic heterocycles. The number of aryl methyl sites for hydroxylation is 3. The molecule has 6 nitrogen and oxygen atoms in total. The van der Waals surface area contributed by atoms with Crippen molar-refractivity contribution in [2.45, 2.75) is 46.8 Å². The van der Waals surface area contributed by atoms with Gasteiger partial charge in [-0.3, -0.25) is 4.79 Å². The third-order valence-electron chi connectivity index (χ3n) is 3.71. The number of esters is 1. The van der Waals surface area contributed by atoms with Crippen LogP contribution in [-0.2, 0) is 22.5 Å². The maximum Gasteiger partial charge on any atom is 0.344 e. The predicted molar refractivity (Wildman–Crippen MR) is 88.5 cm³/mol. The van der Waals surface area contributed by atoms with Crippen molar-refractivity contribution in [3.05, 3.63) is 52.4 Å². The summed E-state index contributed by atoms with van der Waals surface area (Å²) in [5, 5.41) is 6.57. The summed E-state index contributed by atoms with van der Waals surface area (Å²) in [4.78, 5) is 24.3. The molecule has 0 bridgehead atoms. The van der Waals surface area contributed by atoms with E-state index in [9.17, 15) is 9.59 Å². The Morgan fingerprint density at radius 3 is 2.54 bits per heavy atom. The lowest BCUT2D eigenvalue weighted by molar-refractivity contribution is -0.129. The standard InChI is InChI=1S/C18H22N2O4/c1-5-15-16(12(3)24-20-15)18(22)23-13(4)17(21)19-10-14-8-6-11(2)7-9-14/h6-9,13H,5,10H2,1-4H3,(H,19,21)/t13-/m0/s1. The molecule has 2 rings (SSSR count). The van der Waals surface area contributed by atoms with Crippen LogP contribution in [0.1, 0.15) is 46.8 Å². The molecular formula is C18H22N2O4. The van der Waals surface area contributed by atoms with Crippen LogP contribution >= 0.6 is 0 Å². The van der Waals surface area contributed by atoms with Gasteiger partial charge >= 0.3 is 5.97 Å². The first-order chi connectivity index (χ1) is 11.4. The second kappa shape index (κ2) is 7.77. The zero-order chi connectivity index (χ0) is 17.7. The molecule has 0 aliphatic rings. The van der Waals surface area contributed by atoms with Crippen molar-refractivity contribution >= 4 is 11.9 Å². The zero-order valence-electron chi connectivity index (χ0n) is 14.4. The van der Waals surface area contributed by atoms with E-state index in [1.165, 1.54) is 6.92 Å². The lowest BCUT2D eigenvalue weighted by Crippen LogP contribution is -2.35. The van der Waals surface area contributed by atoms with Gasteiger partial charge in [-0.15, -0.1) is 0 Å². The number of rotatable bonds is 6. The molecule has 24 heavy (non-hydrogen) atoms. The smallest absolute Gasteiger partial charge is 0.344 e. The van der Waals surface area contributed by atoms with Crippen molar-refractivity contribution < 1.29 is 18.8 Å². The Labute approximate surface area is 141 Å². The van der Waals surface area contributed by atoms with Crippen molar-refractivity contribution in [1.82, 2.24) is 10.5 Å². The zero-order valence-corrected chi connectivity index (χ0v) is 14.4. The van der Waals surface area contributed by atoms with E-state index in [0.717, 1.165) is 11.1 Å². The van der Waals surface area contributed by atoms with E-state index in [4.69, 9.17) is 9.26 Å². The average Bonchev–Trinajstić information content (AvgIpc) is 2.94. The van der Waals surface area contributed by atoms with Crippen LogP contribution in [0.5, 0.6) is 0 Å². The minimum Gasteiger partial charge on any atom is -0.449 e. The second-order valence-electron chi connectivity index (χ2n) is 5.66. The summed E-state index contributed by atoms with van der Waals surface area (Å²) < 4.78 is 10.2. The first-order valence-corrected chi connectivity index (χ1v) is 7.91. The summed E-state index contributed by atoms with van der Waals surface area (Å²) in [6, 6.07) is 7.85. The topological polar surface area (TPSA) is 81.4 Å². The Balaban J connectivity index is 1.92. The molecule has 6 heteroatoms. The summed E-state index contributed by atoms with van der Waals surface area (Å²) >= 11 is 0. The molecule has 0 unspecified atom stereocenters.